The average molecular weight is 290 g/mol. The van der Waals surface area contributed by atoms with E-state index in [-0.39, 0.29) is 11.5 Å². The average Bonchev–Trinajstić information content (AvgIpc) is 3.29. The number of H-pyrrole nitrogens is 1. The first-order valence-corrected chi connectivity index (χ1v) is 8.21. The molecule has 1 aliphatic heterocycles. The van der Waals surface area contributed by atoms with Crippen LogP contribution in [0.2, 0.25) is 0 Å². The zero-order valence-corrected chi connectivity index (χ0v) is 13.1. The fourth-order valence-corrected chi connectivity index (χ4v) is 2.87. The lowest BCUT2D eigenvalue weighted by atomic mass is 10.0. The second-order valence-electron chi connectivity index (χ2n) is 6.76. The van der Waals surface area contributed by atoms with E-state index in [1.807, 2.05) is 0 Å². The van der Waals surface area contributed by atoms with E-state index < -0.39 is 0 Å². The molecule has 116 valence electrons. The normalized spacial score (nSPS) is 20.2. The minimum atomic E-state index is -0.0438. The van der Waals surface area contributed by atoms with Crippen LogP contribution in [0.4, 0.5) is 5.82 Å². The van der Waals surface area contributed by atoms with Crippen molar-refractivity contribution in [2.75, 3.05) is 24.5 Å². The molecule has 0 amide bonds. The monoisotopic (exact) mass is 290 g/mol. The molecule has 0 bridgehead atoms. The van der Waals surface area contributed by atoms with Crippen molar-refractivity contribution in [3.63, 3.8) is 0 Å². The van der Waals surface area contributed by atoms with Gasteiger partial charge < -0.3 is 15.2 Å². The molecule has 5 nitrogen and oxygen atoms in total. The van der Waals surface area contributed by atoms with E-state index >= 15 is 0 Å². The molecule has 2 N–H and O–H groups in total. The molecular formula is C16H26N4O. The van der Waals surface area contributed by atoms with Gasteiger partial charge in [0.25, 0.3) is 5.56 Å². The van der Waals surface area contributed by atoms with Crippen molar-refractivity contribution in [1.82, 2.24) is 15.3 Å². The number of hydrogen-bond acceptors (Lipinski definition) is 4. The lowest BCUT2D eigenvalue weighted by Gasteiger charge is -2.33. The largest absolute Gasteiger partial charge is 0.356 e. The van der Waals surface area contributed by atoms with Gasteiger partial charge in [-0.25, -0.2) is 4.98 Å². The number of piperidine rings is 1. The van der Waals surface area contributed by atoms with E-state index in [0.717, 1.165) is 43.5 Å². The first-order chi connectivity index (χ1) is 10.1. The van der Waals surface area contributed by atoms with Gasteiger partial charge in [-0.1, -0.05) is 13.8 Å². The molecule has 0 unspecified atom stereocenters. The third kappa shape index (κ3) is 3.84. The maximum Gasteiger partial charge on any atom is 0.252 e. The highest BCUT2D eigenvalue weighted by atomic mass is 16.1. The molecule has 1 saturated carbocycles. The predicted octanol–water partition coefficient (Wildman–Crippen LogP) is 1.86. The summed E-state index contributed by atoms with van der Waals surface area (Å²) in [5.74, 6) is 2.80. The Bertz CT molecular complexity index is 527. The van der Waals surface area contributed by atoms with E-state index in [4.69, 9.17) is 0 Å². The standard InChI is InChI=1S/C16H26N4O/c1-11(2)16-18-14(9-15(21)19-16)20-7-5-13(6-8-20)17-10-12-3-4-12/h9,11-13,17H,3-8,10H2,1-2H3,(H,18,19,21). The van der Waals surface area contributed by atoms with Crippen LogP contribution < -0.4 is 15.8 Å². The molecule has 21 heavy (non-hydrogen) atoms. The number of nitrogens with one attached hydrogen (secondary N) is 2. The molecule has 0 spiro atoms. The second-order valence-corrected chi connectivity index (χ2v) is 6.76. The minimum absolute atomic E-state index is 0.0438. The predicted molar refractivity (Wildman–Crippen MR) is 84.9 cm³/mol. The summed E-state index contributed by atoms with van der Waals surface area (Å²) in [5.41, 5.74) is -0.0438. The molecule has 2 fully saturated rings. The number of anilines is 1. The Morgan fingerprint density at radius 1 is 1.33 bits per heavy atom. The first-order valence-electron chi connectivity index (χ1n) is 8.21. The third-order valence-electron chi connectivity index (χ3n) is 4.50. The molecule has 1 aromatic heterocycles. The van der Waals surface area contributed by atoms with Gasteiger partial charge in [-0.15, -0.1) is 0 Å². The highest BCUT2D eigenvalue weighted by Gasteiger charge is 2.25. The van der Waals surface area contributed by atoms with Gasteiger partial charge in [0.2, 0.25) is 0 Å². The van der Waals surface area contributed by atoms with Gasteiger partial charge in [-0.3, -0.25) is 4.79 Å². The van der Waals surface area contributed by atoms with Crippen LogP contribution >= 0.6 is 0 Å². The number of rotatable bonds is 5. The molecule has 1 saturated heterocycles. The Balaban J connectivity index is 1.59. The fourth-order valence-electron chi connectivity index (χ4n) is 2.87. The highest BCUT2D eigenvalue weighted by Crippen LogP contribution is 2.28. The van der Waals surface area contributed by atoms with Crippen LogP contribution in [-0.2, 0) is 0 Å². The van der Waals surface area contributed by atoms with Gasteiger partial charge in [-0.05, 0) is 38.1 Å². The third-order valence-corrected chi connectivity index (χ3v) is 4.50. The zero-order valence-electron chi connectivity index (χ0n) is 13.1. The van der Waals surface area contributed by atoms with E-state index in [9.17, 15) is 4.79 Å². The quantitative estimate of drug-likeness (QED) is 0.869. The number of hydrogen-bond donors (Lipinski definition) is 2. The smallest absolute Gasteiger partial charge is 0.252 e. The van der Waals surface area contributed by atoms with Crippen molar-refractivity contribution in [2.24, 2.45) is 5.92 Å². The van der Waals surface area contributed by atoms with Crippen LogP contribution in [0.1, 0.15) is 51.3 Å². The molecule has 0 atom stereocenters. The number of nitrogens with zero attached hydrogens (tertiary/aromatic N) is 2. The summed E-state index contributed by atoms with van der Waals surface area (Å²) in [4.78, 5) is 21.5. The van der Waals surface area contributed by atoms with E-state index in [0.29, 0.717) is 6.04 Å². The van der Waals surface area contributed by atoms with Crippen molar-refractivity contribution in [2.45, 2.75) is 51.5 Å². The summed E-state index contributed by atoms with van der Waals surface area (Å²) in [6.45, 7) is 7.25. The Kier molecular flexibility index (Phi) is 4.29. The lowest BCUT2D eigenvalue weighted by molar-refractivity contribution is 0.407. The SMILES string of the molecule is CC(C)c1nc(N2CCC(NCC3CC3)CC2)cc(=O)[nH]1. The van der Waals surface area contributed by atoms with Crippen LogP contribution in [-0.4, -0.2) is 35.6 Å². The van der Waals surface area contributed by atoms with Crippen molar-refractivity contribution in [1.29, 1.82) is 0 Å². The van der Waals surface area contributed by atoms with Gasteiger partial charge in [0.05, 0.1) is 0 Å². The van der Waals surface area contributed by atoms with Crippen LogP contribution in [0.3, 0.4) is 0 Å². The van der Waals surface area contributed by atoms with Crippen molar-refractivity contribution < 1.29 is 0 Å². The van der Waals surface area contributed by atoms with Crippen molar-refractivity contribution in [3.05, 3.63) is 22.2 Å². The molecule has 1 aromatic rings. The summed E-state index contributed by atoms with van der Waals surface area (Å²) >= 11 is 0. The van der Waals surface area contributed by atoms with Gasteiger partial charge in [0.1, 0.15) is 11.6 Å². The summed E-state index contributed by atoms with van der Waals surface area (Å²) < 4.78 is 0. The lowest BCUT2D eigenvalue weighted by Crippen LogP contribution is -2.43. The molecule has 0 aromatic carbocycles. The zero-order chi connectivity index (χ0) is 14.8. The van der Waals surface area contributed by atoms with E-state index in [1.165, 1.54) is 19.4 Å². The molecule has 2 aliphatic rings. The summed E-state index contributed by atoms with van der Waals surface area (Å²) in [5, 5.41) is 3.68. The van der Waals surface area contributed by atoms with E-state index in [1.54, 1.807) is 6.07 Å². The van der Waals surface area contributed by atoms with Crippen molar-refractivity contribution in [3.8, 4) is 0 Å². The highest BCUT2D eigenvalue weighted by molar-refractivity contribution is 5.38. The Labute approximate surface area is 126 Å². The molecule has 2 heterocycles. The second kappa shape index (κ2) is 6.18. The fraction of sp³-hybridized carbons (Fsp3) is 0.750. The van der Waals surface area contributed by atoms with Crippen LogP contribution in [0.15, 0.2) is 10.9 Å². The number of aromatic amines is 1. The molecule has 1 aliphatic carbocycles. The first kappa shape index (κ1) is 14.6. The van der Waals surface area contributed by atoms with Crippen LogP contribution in [0, 0.1) is 5.92 Å². The Hall–Kier alpha value is -1.36. The van der Waals surface area contributed by atoms with Crippen LogP contribution in [0.25, 0.3) is 0 Å². The summed E-state index contributed by atoms with van der Waals surface area (Å²) in [7, 11) is 0. The molecule has 5 heteroatoms. The van der Waals surface area contributed by atoms with Crippen LogP contribution in [0.5, 0.6) is 0 Å². The topological polar surface area (TPSA) is 61.0 Å². The Morgan fingerprint density at radius 2 is 2.05 bits per heavy atom. The van der Waals surface area contributed by atoms with Gasteiger partial charge >= 0.3 is 0 Å². The summed E-state index contributed by atoms with van der Waals surface area (Å²) in [6.07, 6.45) is 5.08. The molecular weight excluding hydrogens is 264 g/mol. The summed E-state index contributed by atoms with van der Waals surface area (Å²) in [6, 6.07) is 2.26. The van der Waals surface area contributed by atoms with E-state index in [2.05, 4.69) is 34.0 Å². The molecule has 0 radical (unpaired) electrons. The molecule has 3 rings (SSSR count). The number of aromatic nitrogens is 2. The minimum Gasteiger partial charge on any atom is -0.356 e. The van der Waals surface area contributed by atoms with Gasteiger partial charge in [0.15, 0.2) is 0 Å². The van der Waals surface area contributed by atoms with Gasteiger partial charge in [-0.2, -0.15) is 0 Å². The van der Waals surface area contributed by atoms with Gasteiger partial charge in [0, 0.05) is 31.1 Å². The Morgan fingerprint density at radius 3 is 2.67 bits per heavy atom. The van der Waals surface area contributed by atoms with Crippen molar-refractivity contribution >= 4 is 5.82 Å². The maximum absolute atomic E-state index is 11.8. The maximum atomic E-state index is 11.8.